The van der Waals surface area contributed by atoms with Crippen molar-refractivity contribution in [3.63, 3.8) is 0 Å². The molecule has 1 aliphatic rings. The van der Waals surface area contributed by atoms with Crippen LogP contribution in [0.2, 0.25) is 0 Å². The van der Waals surface area contributed by atoms with Crippen molar-refractivity contribution in [2.75, 3.05) is 19.6 Å². The Labute approximate surface area is 85.2 Å². The van der Waals surface area contributed by atoms with Crippen LogP contribution in [0.15, 0.2) is 11.6 Å². The highest BCUT2D eigenvalue weighted by Gasteiger charge is 2.24. The number of aliphatic hydroxyl groups is 1. The Kier molecular flexibility index (Phi) is 3.77. The second kappa shape index (κ2) is 4.45. The summed E-state index contributed by atoms with van der Waals surface area (Å²) in [4.78, 5) is 2.25. The largest absolute Gasteiger partial charge is 0.390 e. The average molecular weight is 204 g/mol. The lowest BCUT2D eigenvalue weighted by molar-refractivity contribution is 0.0450. The summed E-state index contributed by atoms with van der Waals surface area (Å²) in [6.07, 6.45) is 2.76. The summed E-state index contributed by atoms with van der Waals surface area (Å²) in [5, 5.41) is 10.5. The van der Waals surface area contributed by atoms with Crippen molar-refractivity contribution in [2.24, 2.45) is 0 Å². The molecule has 0 spiro atoms. The van der Waals surface area contributed by atoms with Crippen LogP contribution in [0, 0.1) is 0 Å². The quantitative estimate of drug-likeness (QED) is 0.742. The number of hydrogen-bond donors (Lipinski definition) is 1. The van der Waals surface area contributed by atoms with Crippen LogP contribution in [-0.2, 0) is 0 Å². The molecule has 0 aromatic heterocycles. The summed E-state index contributed by atoms with van der Waals surface area (Å²) >= 11 is 5.74. The summed E-state index contributed by atoms with van der Waals surface area (Å²) in [7, 11) is 0. The third-order valence-corrected chi connectivity index (χ3v) is 2.67. The van der Waals surface area contributed by atoms with Crippen LogP contribution in [0.4, 0.5) is 0 Å². The normalized spacial score (nSPS) is 31.3. The highest BCUT2D eigenvalue weighted by atomic mass is 35.5. The van der Waals surface area contributed by atoms with E-state index in [1.165, 1.54) is 0 Å². The van der Waals surface area contributed by atoms with Gasteiger partial charge in [0, 0.05) is 18.1 Å². The van der Waals surface area contributed by atoms with Crippen LogP contribution < -0.4 is 0 Å². The van der Waals surface area contributed by atoms with Gasteiger partial charge in [-0.1, -0.05) is 18.2 Å². The van der Waals surface area contributed by atoms with Crippen molar-refractivity contribution in [2.45, 2.75) is 31.8 Å². The Morgan fingerprint density at radius 2 is 2.23 bits per heavy atom. The molecule has 2 nitrogen and oxygen atoms in total. The maximum Gasteiger partial charge on any atom is 0.0632 e. The van der Waals surface area contributed by atoms with E-state index >= 15 is 0 Å². The second-order valence-corrected chi connectivity index (χ2v) is 4.68. The molecular weight excluding hydrogens is 186 g/mol. The lowest BCUT2D eigenvalue weighted by atomic mass is 9.98. The highest BCUT2D eigenvalue weighted by molar-refractivity contribution is 6.29. The molecule has 0 aromatic carbocycles. The summed E-state index contributed by atoms with van der Waals surface area (Å²) in [6, 6.07) is 0. The minimum Gasteiger partial charge on any atom is -0.390 e. The fourth-order valence-corrected chi connectivity index (χ4v) is 1.89. The van der Waals surface area contributed by atoms with E-state index in [0.717, 1.165) is 38.9 Å². The maximum atomic E-state index is 9.82. The van der Waals surface area contributed by atoms with Gasteiger partial charge in [-0.15, -0.1) is 0 Å². The highest BCUT2D eigenvalue weighted by Crippen LogP contribution is 2.21. The summed E-state index contributed by atoms with van der Waals surface area (Å²) < 4.78 is 0. The number of likely N-dealkylation sites (tertiary alicyclic amines) is 1. The van der Waals surface area contributed by atoms with E-state index in [2.05, 4.69) is 11.5 Å². The van der Waals surface area contributed by atoms with E-state index < -0.39 is 5.60 Å². The fourth-order valence-electron chi connectivity index (χ4n) is 1.72. The van der Waals surface area contributed by atoms with Gasteiger partial charge < -0.3 is 5.11 Å². The van der Waals surface area contributed by atoms with Crippen molar-refractivity contribution in [3.05, 3.63) is 11.6 Å². The van der Waals surface area contributed by atoms with Crippen molar-refractivity contribution in [1.82, 2.24) is 4.90 Å². The third kappa shape index (κ3) is 4.12. The van der Waals surface area contributed by atoms with Gasteiger partial charge in [0.25, 0.3) is 0 Å². The number of hydrogen-bond acceptors (Lipinski definition) is 2. The Balaban J connectivity index is 2.40. The lowest BCUT2D eigenvalue weighted by Crippen LogP contribution is -2.29. The van der Waals surface area contributed by atoms with E-state index in [4.69, 9.17) is 11.6 Å². The first-order valence-electron chi connectivity index (χ1n) is 4.78. The molecule has 3 heteroatoms. The van der Waals surface area contributed by atoms with Crippen molar-refractivity contribution in [1.29, 1.82) is 0 Å². The predicted molar refractivity (Wildman–Crippen MR) is 55.9 cm³/mol. The first-order chi connectivity index (χ1) is 5.99. The molecule has 13 heavy (non-hydrogen) atoms. The standard InChI is InChI=1S/C10H18ClNO/c1-9(11)8-12-6-3-4-10(2,13)5-7-12/h13H,1,3-8H2,2H3. The molecule has 1 aliphatic heterocycles. The molecule has 0 aliphatic carbocycles. The maximum absolute atomic E-state index is 9.82. The lowest BCUT2D eigenvalue weighted by Gasteiger charge is -2.21. The molecule has 76 valence electrons. The zero-order valence-corrected chi connectivity index (χ0v) is 8.98. The van der Waals surface area contributed by atoms with Gasteiger partial charge in [0.1, 0.15) is 0 Å². The number of nitrogens with zero attached hydrogens (tertiary/aromatic N) is 1. The van der Waals surface area contributed by atoms with Crippen molar-refractivity contribution in [3.8, 4) is 0 Å². The van der Waals surface area contributed by atoms with Gasteiger partial charge in [-0.2, -0.15) is 0 Å². The van der Waals surface area contributed by atoms with Gasteiger partial charge in [-0.05, 0) is 32.7 Å². The van der Waals surface area contributed by atoms with Gasteiger partial charge in [-0.25, -0.2) is 0 Å². The van der Waals surface area contributed by atoms with Gasteiger partial charge in [0.15, 0.2) is 0 Å². The first kappa shape index (κ1) is 11.0. The molecule has 1 rings (SSSR count). The molecular formula is C10H18ClNO. The van der Waals surface area contributed by atoms with Crippen molar-refractivity contribution >= 4 is 11.6 Å². The van der Waals surface area contributed by atoms with Crippen LogP contribution in [0.3, 0.4) is 0 Å². The topological polar surface area (TPSA) is 23.5 Å². The van der Waals surface area contributed by atoms with Crippen molar-refractivity contribution < 1.29 is 5.11 Å². The SMILES string of the molecule is C=C(Cl)CN1CCCC(C)(O)CC1. The Hall–Kier alpha value is -0.0500. The predicted octanol–water partition coefficient (Wildman–Crippen LogP) is 1.98. The van der Waals surface area contributed by atoms with Gasteiger partial charge in [0.2, 0.25) is 0 Å². The first-order valence-corrected chi connectivity index (χ1v) is 5.15. The molecule has 1 saturated heterocycles. The molecule has 0 bridgehead atoms. The summed E-state index contributed by atoms with van der Waals surface area (Å²) in [5.41, 5.74) is -0.484. The Bertz CT molecular complexity index is 191. The van der Waals surface area contributed by atoms with Gasteiger partial charge in [-0.3, -0.25) is 4.90 Å². The molecule has 0 amide bonds. The summed E-state index contributed by atoms with van der Waals surface area (Å²) in [5.74, 6) is 0. The third-order valence-electron chi connectivity index (χ3n) is 2.55. The summed E-state index contributed by atoms with van der Waals surface area (Å²) in [6.45, 7) is 8.27. The fraction of sp³-hybridized carbons (Fsp3) is 0.800. The molecule has 0 radical (unpaired) electrons. The van der Waals surface area contributed by atoms with Crippen LogP contribution >= 0.6 is 11.6 Å². The van der Waals surface area contributed by atoms with E-state index in [0.29, 0.717) is 5.03 Å². The van der Waals surface area contributed by atoms with E-state index in [1.54, 1.807) is 0 Å². The minimum absolute atomic E-state index is 0.484. The number of rotatable bonds is 2. The van der Waals surface area contributed by atoms with E-state index in [1.807, 2.05) is 6.92 Å². The molecule has 0 aromatic rings. The second-order valence-electron chi connectivity index (χ2n) is 4.14. The molecule has 1 fully saturated rings. The molecule has 1 atom stereocenters. The van der Waals surface area contributed by atoms with E-state index in [9.17, 15) is 5.11 Å². The average Bonchev–Trinajstić information content (AvgIpc) is 2.12. The van der Waals surface area contributed by atoms with Crippen LogP contribution in [0.1, 0.15) is 26.2 Å². The molecule has 1 heterocycles. The number of halogens is 1. The minimum atomic E-state index is -0.484. The molecule has 1 unspecified atom stereocenters. The van der Waals surface area contributed by atoms with E-state index in [-0.39, 0.29) is 0 Å². The van der Waals surface area contributed by atoms with Crippen LogP contribution in [-0.4, -0.2) is 35.2 Å². The monoisotopic (exact) mass is 203 g/mol. The van der Waals surface area contributed by atoms with Crippen LogP contribution in [0.5, 0.6) is 0 Å². The Morgan fingerprint density at radius 1 is 1.54 bits per heavy atom. The van der Waals surface area contributed by atoms with Gasteiger partial charge >= 0.3 is 0 Å². The van der Waals surface area contributed by atoms with Gasteiger partial charge in [0.05, 0.1) is 5.60 Å². The van der Waals surface area contributed by atoms with Crippen LogP contribution in [0.25, 0.3) is 0 Å². The smallest absolute Gasteiger partial charge is 0.0632 e. The molecule has 1 N–H and O–H groups in total. The zero-order chi connectivity index (χ0) is 9.90. The molecule has 0 saturated carbocycles. The zero-order valence-electron chi connectivity index (χ0n) is 8.22. The Morgan fingerprint density at radius 3 is 2.85 bits per heavy atom.